The number of hydrogen-bond acceptors (Lipinski definition) is 6. The van der Waals surface area contributed by atoms with E-state index in [0.29, 0.717) is 13.2 Å². The molecule has 0 saturated heterocycles. The fourth-order valence-corrected chi connectivity index (χ4v) is 1.64. The number of hydrogen-bond donors (Lipinski definition) is 4. The highest BCUT2D eigenvalue weighted by Crippen LogP contribution is 2.10. The first-order valence-electron chi connectivity index (χ1n) is 7.26. The van der Waals surface area contributed by atoms with Crippen molar-refractivity contribution in [2.75, 3.05) is 13.2 Å². The van der Waals surface area contributed by atoms with Gasteiger partial charge in [0.2, 0.25) is 0 Å². The van der Waals surface area contributed by atoms with E-state index in [9.17, 15) is 0 Å². The van der Waals surface area contributed by atoms with Gasteiger partial charge in [-0.05, 0) is 12.8 Å². The number of aliphatic hydroxyl groups is 2. The van der Waals surface area contributed by atoms with Crippen molar-refractivity contribution in [3.05, 3.63) is 20.2 Å². The topological polar surface area (TPSA) is 167 Å². The molecule has 0 aromatic carbocycles. The molecule has 22 heavy (non-hydrogen) atoms. The third-order valence-electron chi connectivity index (χ3n) is 2.57. The Morgan fingerprint density at radius 3 is 0.818 bits per heavy atom. The molecule has 10 nitrogen and oxygen atoms in total. The SMILES string of the molecule is O=[N+]([O-])O.O=[N+]([O-])O.OCCCCCCCCCCCCO. The minimum atomic E-state index is -1.50. The van der Waals surface area contributed by atoms with Crippen molar-refractivity contribution in [3.8, 4) is 0 Å². The van der Waals surface area contributed by atoms with Gasteiger partial charge in [-0.15, -0.1) is 20.2 Å². The molecule has 0 aromatic rings. The Labute approximate surface area is 129 Å². The fraction of sp³-hybridized carbons (Fsp3) is 1.00. The second-order valence-electron chi connectivity index (χ2n) is 4.46. The number of unbranched alkanes of at least 4 members (excludes halogenated alkanes) is 9. The lowest BCUT2D eigenvalue weighted by molar-refractivity contribution is -0.742. The van der Waals surface area contributed by atoms with Gasteiger partial charge in [0.05, 0.1) is 0 Å². The van der Waals surface area contributed by atoms with E-state index in [4.69, 9.17) is 40.9 Å². The summed E-state index contributed by atoms with van der Waals surface area (Å²) in [5.74, 6) is 0. The minimum absolute atomic E-state index is 0.348. The Hall–Kier alpha value is -1.68. The highest BCUT2D eigenvalue weighted by molar-refractivity contribution is 4.47. The highest BCUT2D eigenvalue weighted by atomic mass is 16.9. The molecule has 4 N–H and O–H groups in total. The third kappa shape index (κ3) is 63.3. The molecule has 10 heteroatoms. The zero-order valence-electron chi connectivity index (χ0n) is 12.8. The predicted molar refractivity (Wildman–Crippen MR) is 77.9 cm³/mol. The van der Waals surface area contributed by atoms with Gasteiger partial charge in [0.1, 0.15) is 0 Å². The molecule has 0 atom stereocenters. The van der Waals surface area contributed by atoms with E-state index >= 15 is 0 Å². The summed E-state index contributed by atoms with van der Waals surface area (Å²) < 4.78 is 0. The van der Waals surface area contributed by atoms with E-state index in [2.05, 4.69) is 0 Å². The predicted octanol–water partition coefficient (Wildman–Crippen LogP) is 2.18. The molecule has 0 aliphatic rings. The van der Waals surface area contributed by atoms with Crippen LogP contribution in [0.15, 0.2) is 0 Å². The molecule has 134 valence electrons. The van der Waals surface area contributed by atoms with Crippen LogP contribution in [0, 0.1) is 20.2 Å². The van der Waals surface area contributed by atoms with Gasteiger partial charge in [-0.25, -0.2) is 0 Å². The smallest absolute Gasteiger partial charge is 0.291 e. The van der Waals surface area contributed by atoms with Gasteiger partial charge in [0.15, 0.2) is 0 Å². The Bertz CT molecular complexity index is 209. The standard InChI is InChI=1S/C12H26O2.2HNO3/c13-11-9-7-5-3-1-2-4-6-8-10-12-14;2*2-1(3)4/h13-14H,1-12H2;2*(H,2,3,4). The molecule has 0 heterocycles. The lowest BCUT2D eigenvalue weighted by Crippen LogP contribution is -1.85. The van der Waals surface area contributed by atoms with Crippen LogP contribution in [0.3, 0.4) is 0 Å². The molecule has 0 aliphatic carbocycles. The van der Waals surface area contributed by atoms with Crippen LogP contribution in [0.4, 0.5) is 0 Å². The van der Waals surface area contributed by atoms with Crippen LogP contribution in [-0.2, 0) is 0 Å². The van der Waals surface area contributed by atoms with Crippen LogP contribution >= 0.6 is 0 Å². The van der Waals surface area contributed by atoms with E-state index in [1.807, 2.05) is 0 Å². The zero-order chi connectivity index (χ0) is 17.6. The molecule has 0 bridgehead atoms. The molecular weight excluding hydrogens is 300 g/mol. The Kier molecular flexibility index (Phi) is 28.0. The first-order chi connectivity index (χ1) is 10.4. The molecular formula is C12H28N2O8. The van der Waals surface area contributed by atoms with Crippen LogP contribution in [-0.4, -0.2) is 44.0 Å². The zero-order valence-corrected chi connectivity index (χ0v) is 12.8. The van der Waals surface area contributed by atoms with Gasteiger partial charge in [-0.3, -0.25) is 0 Å². The lowest BCUT2D eigenvalue weighted by atomic mass is 10.1. The molecule has 0 rings (SSSR count). The average Bonchev–Trinajstić information content (AvgIpc) is 2.40. The van der Waals surface area contributed by atoms with Crippen LogP contribution < -0.4 is 0 Å². The highest BCUT2D eigenvalue weighted by Gasteiger charge is 1.92. The number of aliphatic hydroxyl groups excluding tert-OH is 2. The van der Waals surface area contributed by atoms with E-state index in [1.165, 1.54) is 51.4 Å². The van der Waals surface area contributed by atoms with Gasteiger partial charge < -0.3 is 20.6 Å². The maximum Gasteiger partial charge on any atom is 0.291 e. The van der Waals surface area contributed by atoms with Crippen LogP contribution in [0.25, 0.3) is 0 Å². The number of nitrogens with zero attached hydrogens (tertiary/aromatic N) is 2. The largest absolute Gasteiger partial charge is 0.396 e. The summed E-state index contributed by atoms with van der Waals surface area (Å²) in [6.07, 6.45) is 12.2. The first-order valence-corrected chi connectivity index (χ1v) is 7.26. The van der Waals surface area contributed by atoms with Gasteiger partial charge in [-0.1, -0.05) is 51.4 Å². The van der Waals surface area contributed by atoms with E-state index < -0.39 is 10.2 Å². The van der Waals surface area contributed by atoms with Crippen molar-refractivity contribution in [1.29, 1.82) is 0 Å². The Morgan fingerprint density at radius 2 is 0.682 bits per heavy atom. The molecule has 0 amide bonds. The van der Waals surface area contributed by atoms with E-state index in [-0.39, 0.29) is 0 Å². The Morgan fingerprint density at radius 1 is 0.545 bits per heavy atom. The van der Waals surface area contributed by atoms with Gasteiger partial charge in [0, 0.05) is 13.2 Å². The minimum Gasteiger partial charge on any atom is -0.396 e. The average molecular weight is 328 g/mol. The maximum absolute atomic E-state index is 8.57. The van der Waals surface area contributed by atoms with Crippen molar-refractivity contribution < 1.29 is 30.8 Å². The van der Waals surface area contributed by atoms with E-state index in [0.717, 1.165) is 12.8 Å². The molecule has 0 aromatic heterocycles. The molecule has 0 unspecified atom stereocenters. The summed E-state index contributed by atoms with van der Waals surface area (Å²) in [6.45, 7) is 0.697. The van der Waals surface area contributed by atoms with Crippen molar-refractivity contribution in [2.45, 2.75) is 64.2 Å². The van der Waals surface area contributed by atoms with Crippen molar-refractivity contribution in [2.24, 2.45) is 0 Å². The summed E-state index contributed by atoms with van der Waals surface area (Å²) in [5.41, 5.74) is 0. The van der Waals surface area contributed by atoms with Crippen LogP contribution in [0.1, 0.15) is 64.2 Å². The third-order valence-corrected chi connectivity index (χ3v) is 2.57. The quantitative estimate of drug-likeness (QED) is 0.254. The Balaban J connectivity index is -0.000000372. The van der Waals surface area contributed by atoms with Crippen LogP contribution in [0.2, 0.25) is 0 Å². The van der Waals surface area contributed by atoms with Gasteiger partial charge in [0.25, 0.3) is 10.2 Å². The molecule has 0 spiro atoms. The summed E-state index contributed by atoms with van der Waals surface area (Å²) in [6, 6.07) is 0. The van der Waals surface area contributed by atoms with Gasteiger partial charge >= 0.3 is 0 Å². The van der Waals surface area contributed by atoms with Crippen LogP contribution in [0.5, 0.6) is 0 Å². The van der Waals surface area contributed by atoms with E-state index in [1.54, 1.807) is 0 Å². The summed E-state index contributed by atoms with van der Waals surface area (Å²) in [4.78, 5) is 16.7. The fourth-order valence-electron chi connectivity index (χ4n) is 1.64. The van der Waals surface area contributed by atoms with Gasteiger partial charge in [-0.2, -0.15) is 0 Å². The molecule has 0 saturated carbocycles. The normalized spacial score (nSPS) is 9.00. The number of rotatable bonds is 11. The molecule has 0 radical (unpaired) electrons. The first kappa shape index (κ1) is 25.3. The summed E-state index contributed by atoms with van der Waals surface area (Å²) in [7, 11) is 0. The molecule has 0 aliphatic heterocycles. The van der Waals surface area contributed by atoms with Crippen molar-refractivity contribution >= 4 is 0 Å². The second kappa shape index (κ2) is 24.3. The van der Waals surface area contributed by atoms with Crippen molar-refractivity contribution in [1.82, 2.24) is 0 Å². The summed E-state index contributed by atoms with van der Waals surface area (Å²) in [5, 5.41) is 44.4. The molecule has 0 fully saturated rings. The lowest BCUT2D eigenvalue weighted by Gasteiger charge is -2.01. The van der Waals surface area contributed by atoms with Crippen molar-refractivity contribution in [3.63, 3.8) is 0 Å². The maximum atomic E-state index is 8.57. The monoisotopic (exact) mass is 328 g/mol. The summed E-state index contributed by atoms with van der Waals surface area (Å²) >= 11 is 0. The second-order valence-corrected chi connectivity index (χ2v) is 4.46.